The van der Waals surface area contributed by atoms with Crippen LogP contribution in [0, 0.1) is 5.82 Å². The molecule has 0 fully saturated rings. The van der Waals surface area contributed by atoms with Crippen molar-refractivity contribution in [1.82, 2.24) is 0 Å². The van der Waals surface area contributed by atoms with Crippen molar-refractivity contribution in [3.8, 4) is 0 Å². The SMILES string of the molecule is CC(O)CC(C)(C)c1cccc(F)c1. The van der Waals surface area contributed by atoms with E-state index in [1.165, 1.54) is 12.1 Å². The van der Waals surface area contributed by atoms with Gasteiger partial charge < -0.3 is 5.11 Å². The molecule has 0 aromatic heterocycles. The van der Waals surface area contributed by atoms with E-state index < -0.39 is 0 Å². The summed E-state index contributed by atoms with van der Waals surface area (Å²) in [4.78, 5) is 0. The molecule has 0 amide bonds. The van der Waals surface area contributed by atoms with Crippen molar-refractivity contribution in [2.45, 2.75) is 38.7 Å². The molecule has 0 saturated carbocycles. The Kier molecular flexibility index (Phi) is 3.27. The fraction of sp³-hybridized carbons (Fsp3) is 0.500. The third kappa shape index (κ3) is 2.81. The molecule has 2 heteroatoms. The Balaban J connectivity index is 2.91. The number of halogens is 1. The Morgan fingerprint density at radius 1 is 1.43 bits per heavy atom. The zero-order valence-electron chi connectivity index (χ0n) is 8.92. The second-order valence-electron chi connectivity index (χ2n) is 4.45. The van der Waals surface area contributed by atoms with Crippen molar-refractivity contribution >= 4 is 0 Å². The van der Waals surface area contributed by atoms with Crippen molar-refractivity contribution in [3.63, 3.8) is 0 Å². The molecule has 1 N–H and O–H groups in total. The highest BCUT2D eigenvalue weighted by atomic mass is 19.1. The molecule has 0 heterocycles. The predicted molar refractivity (Wildman–Crippen MR) is 55.7 cm³/mol. The van der Waals surface area contributed by atoms with Crippen molar-refractivity contribution in [2.24, 2.45) is 0 Å². The van der Waals surface area contributed by atoms with E-state index in [1.54, 1.807) is 13.0 Å². The lowest BCUT2D eigenvalue weighted by Gasteiger charge is -2.26. The fourth-order valence-corrected chi connectivity index (χ4v) is 1.77. The van der Waals surface area contributed by atoms with Gasteiger partial charge in [0.2, 0.25) is 0 Å². The molecule has 1 aromatic carbocycles. The molecule has 0 saturated heterocycles. The summed E-state index contributed by atoms with van der Waals surface area (Å²) in [6, 6.07) is 6.56. The zero-order valence-corrected chi connectivity index (χ0v) is 8.92. The number of rotatable bonds is 3. The summed E-state index contributed by atoms with van der Waals surface area (Å²) in [7, 11) is 0. The van der Waals surface area contributed by atoms with Gasteiger partial charge in [0.25, 0.3) is 0 Å². The Hall–Kier alpha value is -0.890. The second kappa shape index (κ2) is 4.09. The summed E-state index contributed by atoms with van der Waals surface area (Å²) in [5.41, 5.74) is 0.745. The summed E-state index contributed by atoms with van der Waals surface area (Å²) < 4.78 is 13.0. The lowest BCUT2D eigenvalue weighted by Crippen LogP contribution is -2.23. The summed E-state index contributed by atoms with van der Waals surface area (Å²) in [5.74, 6) is -0.221. The van der Waals surface area contributed by atoms with Gasteiger partial charge in [0, 0.05) is 0 Å². The smallest absolute Gasteiger partial charge is 0.123 e. The van der Waals surface area contributed by atoms with Gasteiger partial charge in [0.05, 0.1) is 6.10 Å². The minimum absolute atomic E-state index is 0.184. The third-order valence-corrected chi connectivity index (χ3v) is 2.41. The number of aliphatic hydroxyl groups excluding tert-OH is 1. The highest BCUT2D eigenvalue weighted by molar-refractivity contribution is 5.24. The van der Waals surface area contributed by atoms with Gasteiger partial charge in [0.15, 0.2) is 0 Å². The molecular formula is C12H17FO. The van der Waals surface area contributed by atoms with Crippen LogP contribution in [0.25, 0.3) is 0 Å². The molecule has 1 aromatic rings. The van der Waals surface area contributed by atoms with E-state index in [0.29, 0.717) is 6.42 Å². The van der Waals surface area contributed by atoms with Crippen molar-refractivity contribution < 1.29 is 9.50 Å². The first-order chi connectivity index (χ1) is 6.42. The van der Waals surface area contributed by atoms with E-state index in [9.17, 15) is 9.50 Å². The Morgan fingerprint density at radius 2 is 2.07 bits per heavy atom. The Labute approximate surface area is 84.6 Å². The summed E-state index contributed by atoms with van der Waals surface area (Å²) in [6.45, 7) is 5.77. The van der Waals surface area contributed by atoms with Gasteiger partial charge in [-0.1, -0.05) is 26.0 Å². The molecular weight excluding hydrogens is 179 g/mol. The Morgan fingerprint density at radius 3 is 2.57 bits per heavy atom. The summed E-state index contributed by atoms with van der Waals surface area (Å²) >= 11 is 0. The minimum atomic E-state index is -0.367. The van der Waals surface area contributed by atoms with Gasteiger partial charge in [-0.3, -0.25) is 0 Å². The number of hydrogen-bond acceptors (Lipinski definition) is 1. The van der Waals surface area contributed by atoms with Crippen LogP contribution < -0.4 is 0 Å². The van der Waals surface area contributed by atoms with E-state index in [2.05, 4.69) is 0 Å². The molecule has 0 radical (unpaired) electrons. The third-order valence-electron chi connectivity index (χ3n) is 2.41. The van der Waals surface area contributed by atoms with Crippen LogP contribution in [0.15, 0.2) is 24.3 Å². The average molecular weight is 196 g/mol. The van der Waals surface area contributed by atoms with Crippen LogP contribution in [0.1, 0.15) is 32.8 Å². The zero-order chi connectivity index (χ0) is 10.8. The quantitative estimate of drug-likeness (QED) is 0.788. The van der Waals surface area contributed by atoms with Gasteiger partial charge in [0.1, 0.15) is 5.82 Å². The number of aliphatic hydroxyl groups is 1. The second-order valence-corrected chi connectivity index (χ2v) is 4.45. The van der Waals surface area contributed by atoms with Crippen LogP contribution >= 0.6 is 0 Å². The minimum Gasteiger partial charge on any atom is -0.393 e. The molecule has 1 nitrogen and oxygen atoms in total. The standard InChI is InChI=1S/C12H17FO/c1-9(14)8-12(2,3)10-5-4-6-11(13)7-10/h4-7,9,14H,8H2,1-3H3. The summed E-state index contributed by atoms with van der Waals surface area (Å²) in [5, 5.41) is 9.32. The van der Waals surface area contributed by atoms with Crippen molar-refractivity contribution in [2.75, 3.05) is 0 Å². The first-order valence-electron chi connectivity index (χ1n) is 4.86. The molecule has 0 aliphatic carbocycles. The predicted octanol–water partition coefficient (Wildman–Crippen LogP) is 2.87. The highest BCUT2D eigenvalue weighted by Gasteiger charge is 2.22. The molecule has 0 aliphatic heterocycles. The molecule has 1 unspecified atom stereocenters. The summed E-state index contributed by atoms with van der Waals surface area (Å²) in [6.07, 6.45) is 0.268. The first-order valence-corrected chi connectivity index (χ1v) is 4.86. The Bertz CT molecular complexity index is 305. The normalized spacial score (nSPS) is 14.1. The van der Waals surface area contributed by atoms with Gasteiger partial charge in [-0.05, 0) is 36.5 Å². The largest absolute Gasteiger partial charge is 0.393 e. The molecule has 1 atom stereocenters. The molecule has 0 aliphatic rings. The number of hydrogen-bond donors (Lipinski definition) is 1. The van der Waals surface area contributed by atoms with Crippen LogP contribution in [0.4, 0.5) is 4.39 Å². The lowest BCUT2D eigenvalue weighted by molar-refractivity contribution is 0.156. The van der Waals surface area contributed by atoms with E-state index in [4.69, 9.17) is 0 Å². The maximum Gasteiger partial charge on any atom is 0.123 e. The first kappa shape index (κ1) is 11.2. The van der Waals surface area contributed by atoms with E-state index >= 15 is 0 Å². The topological polar surface area (TPSA) is 20.2 Å². The van der Waals surface area contributed by atoms with Gasteiger partial charge >= 0.3 is 0 Å². The monoisotopic (exact) mass is 196 g/mol. The fourth-order valence-electron chi connectivity index (χ4n) is 1.77. The van der Waals surface area contributed by atoms with Crippen LogP contribution in [-0.2, 0) is 5.41 Å². The molecule has 78 valence electrons. The van der Waals surface area contributed by atoms with Crippen LogP contribution in [-0.4, -0.2) is 11.2 Å². The highest BCUT2D eigenvalue weighted by Crippen LogP contribution is 2.28. The lowest BCUT2D eigenvalue weighted by atomic mass is 9.80. The van der Waals surface area contributed by atoms with Crippen LogP contribution in [0.3, 0.4) is 0 Å². The van der Waals surface area contributed by atoms with Crippen molar-refractivity contribution in [3.05, 3.63) is 35.6 Å². The molecule has 1 rings (SSSR count). The van der Waals surface area contributed by atoms with Crippen LogP contribution in [0.2, 0.25) is 0 Å². The van der Waals surface area contributed by atoms with Gasteiger partial charge in [-0.15, -0.1) is 0 Å². The van der Waals surface area contributed by atoms with E-state index in [1.807, 2.05) is 19.9 Å². The maximum atomic E-state index is 13.0. The van der Waals surface area contributed by atoms with E-state index in [-0.39, 0.29) is 17.3 Å². The van der Waals surface area contributed by atoms with E-state index in [0.717, 1.165) is 5.56 Å². The van der Waals surface area contributed by atoms with Gasteiger partial charge in [-0.25, -0.2) is 4.39 Å². The molecule has 14 heavy (non-hydrogen) atoms. The number of benzene rings is 1. The van der Waals surface area contributed by atoms with Gasteiger partial charge in [-0.2, -0.15) is 0 Å². The molecule has 0 bridgehead atoms. The van der Waals surface area contributed by atoms with Crippen molar-refractivity contribution in [1.29, 1.82) is 0 Å². The average Bonchev–Trinajstić information content (AvgIpc) is 2.01. The molecule has 0 spiro atoms. The van der Waals surface area contributed by atoms with Crippen LogP contribution in [0.5, 0.6) is 0 Å². The maximum absolute atomic E-state index is 13.0.